The summed E-state index contributed by atoms with van der Waals surface area (Å²) in [5, 5.41) is 0. The van der Waals surface area contributed by atoms with Gasteiger partial charge in [0.15, 0.2) is 0 Å². The van der Waals surface area contributed by atoms with Crippen LogP contribution in [0.2, 0.25) is 0 Å². The number of hydrogen-bond donors (Lipinski definition) is 1. The van der Waals surface area contributed by atoms with Crippen LogP contribution in [0.4, 0.5) is 0 Å². The Bertz CT molecular complexity index is 498. The van der Waals surface area contributed by atoms with Crippen LogP contribution >= 0.6 is 0 Å². The molecule has 1 N–H and O–H groups in total. The molecular weight excluding hydrogens is 268 g/mol. The van der Waals surface area contributed by atoms with E-state index in [4.69, 9.17) is 4.74 Å². The largest absolute Gasteiger partial charge is 0.373 e. The first kappa shape index (κ1) is 14.5. The number of hydrogen-bond acceptors (Lipinski definition) is 4. The zero-order valence-electron chi connectivity index (χ0n) is 12.8. The number of morpholine rings is 1. The molecule has 0 radical (unpaired) electrons. The minimum atomic E-state index is 0.0220. The number of H-pyrrole nitrogens is 1. The van der Waals surface area contributed by atoms with Crippen molar-refractivity contribution in [3.05, 3.63) is 17.7 Å². The summed E-state index contributed by atoms with van der Waals surface area (Å²) in [7, 11) is 2.14. The summed E-state index contributed by atoms with van der Waals surface area (Å²) >= 11 is 0. The smallest absolute Gasteiger partial charge is 0.272 e. The predicted molar refractivity (Wildman–Crippen MR) is 79.2 cm³/mol. The number of aryl methyl sites for hydroxylation is 1. The van der Waals surface area contributed by atoms with E-state index in [0.717, 1.165) is 24.8 Å². The molecule has 2 fully saturated rings. The van der Waals surface area contributed by atoms with Crippen molar-refractivity contribution in [3.8, 4) is 0 Å². The molecule has 116 valence electrons. The Morgan fingerprint density at radius 2 is 2.33 bits per heavy atom. The fourth-order valence-corrected chi connectivity index (χ4v) is 2.88. The summed E-state index contributed by atoms with van der Waals surface area (Å²) in [4.78, 5) is 23.7. The second kappa shape index (κ2) is 6.15. The Morgan fingerprint density at radius 3 is 3.00 bits per heavy atom. The van der Waals surface area contributed by atoms with E-state index in [9.17, 15) is 4.79 Å². The van der Waals surface area contributed by atoms with Crippen molar-refractivity contribution in [2.45, 2.75) is 25.9 Å². The van der Waals surface area contributed by atoms with Gasteiger partial charge in [-0.1, -0.05) is 0 Å². The monoisotopic (exact) mass is 292 g/mol. The lowest BCUT2D eigenvalue weighted by Gasteiger charge is -2.34. The number of carbonyl (C=O) groups excluding carboxylic acids is 1. The molecule has 1 aliphatic carbocycles. The number of carbonyl (C=O) groups is 1. The van der Waals surface area contributed by atoms with Gasteiger partial charge in [-0.15, -0.1) is 0 Å². The van der Waals surface area contributed by atoms with E-state index in [0.29, 0.717) is 25.4 Å². The van der Waals surface area contributed by atoms with Crippen molar-refractivity contribution in [2.75, 3.05) is 39.8 Å². The third-order valence-electron chi connectivity index (χ3n) is 4.14. The van der Waals surface area contributed by atoms with Gasteiger partial charge in [0.25, 0.3) is 5.91 Å². The predicted octanol–water partition coefficient (Wildman–Crippen LogP) is 0.901. The van der Waals surface area contributed by atoms with Crippen LogP contribution in [-0.4, -0.2) is 71.6 Å². The number of rotatable bonds is 5. The Kier molecular flexibility index (Phi) is 4.26. The van der Waals surface area contributed by atoms with Gasteiger partial charge in [0, 0.05) is 26.2 Å². The molecule has 0 bridgehead atoms. The maximum atomic E-state index is 12.4. The van der Waals surface area contributed by atoms with Crippen molar-refractivity contribution >= 4 is 5.91 Å². The quantitative estimate of drug-likeness (QED) is 0.876. The van der Waals surface area contributed by atoms with E-state index in [1.807, 2.05) is 11.8 Å². The lowest BCUT2D eigenvalue weighted by atomic mass is 10.2. The van der Waals surface area contributed by atoms with Crippen LogP contribution in [0.5, 0.6) is 0 Å². The maximum Gasteiger partial charge on any atom is 0.272 e. The van der Waals surface area contributed by atoms with Crippen LogP contribution in [0.25, 0.3) is 0 Å². The van der Waals surface area contributed by atoms with Crippen molar-refractivity contribution in [1.82, 2.24) is 19.8 Å². The molecule has 1 atom stereocenters. The highest BCUT2D eigenvalue weighted by Crippen LogP contribution is 2.29. The van der Waals surface area contributed by atoms with Crippen LogP contribution in [0.15, 0.2) is 6.20 Å². The van der Waals surface area contributed by atoms with Gasteiger partial charge in [0.2, 0.25) is 0 Å². The van der Waals surface area contributed by atoms with E-state index in [1.54, 1.807) is 6.20 Å². The first-order valence-corrected chi connectivity index (χ1v) is 7.73. The molecule has 1 aliphatic heterocycles. The molecule has 2 aliphatic rings. The topological polar surface area (TPSA) is 61.5 Å². The molecule has 6 nitrogen and oxygen atoms in total. The molecule has 21 heavy (non-hydrogen) atoms. The number of ether oxygens (including phenoxy) is 1. The number of nitrogens with zero attached hydrogens (tertiary/aromatic N) is 3. The number of likely N-dealkylation sites (N-methyl/N-ethyl adjacent to an activating group) is 1. The Labute approximate surface area is 125 Å². The lowest BCUT2D eigenvalue weighted by Crippen LogP contribution is -2.49. The molecule has 1 aromatic heterocycles. The van der Waals surface area contributed by atoms with Crippen molar-refractivity contribution in [3.63, 3.8) is 0 Å². The molecule has 1 saturated carbocycles. The van der Waals surface area contributed by atoms with E-state index in [2.05, 4.69) is 21.9 Å². The highest BCUT2D eigenvalue weighted by atomic mass is 16.5. The lowest BCUT2D eigenvalue weighted by molar-refractivity contribution is -0.0335. The van der Waals surface area contributed by atoms with Crippen molar-refractivity contribution < 1.29 is 9.53 Å². The Hall–Kier alpha value is -1.40. The van der Waals surface area contributed by atoms with E-state index < -0.39 is 0 Å². The fourth-order valence-electron chi connectivity index (χ4n) is 2.88. The van der Waals surface area contributed by atoms with Gasteiger partial charge in [0.05, 0.1) is 18.9 Å². The molecular formula is C15H24N4O2. The van der Waals surface area contributed by atoms with Crippen LogP contribution in [0.3, 0.4) is 0 Å². The first-order valence-electron chi connectivity index (χ1n) is 7.73. The average molecular weight is 292 g/mol. The van der Waals surface area contributed by atoms with Crippen LogP contribution in [-0.2, 0) is 4.74 Å². The Balaban J connectivity index is 1.53. The van der Waals surface area contributed by atoms with Crippen molar-refractivity contribution in [1.29, 1.82) is 0 Å². The fraction of sp³-hybridized carbons (Fsp3) is 0.733. The second-order valence-electron chi connectivity index (χ2n) is 6.29. The molecule has 1 unspecified atom stereocenters. The van der Waals surface area contributed by atoms with Gasteiger partial charge >= 0.3 is 0 Å². The second-order valence-corrected chi connectivity index (χ2v) is 6.29. The normalized spacial score (nSPS) is 22.8. The number of aromatic nitrogens is 2. The highest BCUT2D eigenvalue weighted by molar-refractivity contribution is 5.92. The molecule has 1 amide bonds. The van der Waals surface area contributed by atoms with E-state index in [-0.39, 0.29) is 12.0 Å². The van der Waals surface area contributed by atoms with Gasteiger partial charge in [-0.25, -0.2) is 4.98 Å². The van der Waals surface area contributed by atoms with E-state index in [1.165, 1.54) is 12.8 Å². The molecule has 1 saturated heterocycles. The molecule has 0 spiro atoms. The SMILES string of the molecule is Cc1ncc(C(=O)N2CCOC(CN(C)CC3CC3)C2)[nH]1. The number of imidazole rings is 1. The summed E-state index contributed by atoms with van der Waals surface area (Å²) in [5.74, 6) is 1.67. The van der Waals surface area contributed by atoms with Crippen LogP contribution < -0.4 is 0 Å². The summed E-state index contributed by atoms with van der Waals surface area (Å²) in [5.41, 5.74) is 0.569. The Morgan fingerprint density at radius 1 is 1.52 bits per heavy atom. The first-order chi connectivity index (χ1) is 10.1. The summed E-state index contributed by atoms with van der Waals surface area (Å²) in [6, 6.07) is 0. The summed E-state index contributed by atoms with van der Waals surface area (Å²) in [6.07, 6.45) is 4.44. The molecule has 6 heteroatoms. The van der Waals surface area contributed by atoms with Gasteiger partial charge < -0.3 is 19.5 Å². The average Bonchev–Trinajstić information content (AvgIpc) is 3.16. The van der Waals surface area contributed by atoms with Crippen LogP contribution in [0.1, 0.15) is 29.2 Å². The zero-order chi connectivity index (χ0) is 14.8. The standard InChI is InChI=1S/C15H24N4O2/c1-11-16-7-14(17-11)15(20)19-5-6-21-13(10-19)9-18(2)8-12-3-4-12/h7,12-13H,3-6,8-10H2,1-2H3,(H,16,17). The number of amides is 1. The molecule has 3 rings (SSSR count). The zero-order valence-corrected chi connectivity index (χ0v) is 12.8. The van der Waals surface area contributed by atoms with Crippen LogP contribution in [0, 0.1) is 12.8 Å². The van der Waals surface area contributed by atoms with Crippen molar-refractivity contribution in [2.24, 2.45) is 5.92 Å². The molecule has 0 aromatic carbocycles. The number of aromatic amines is 1. The van der Waals surface area contributed by atoms with Gasteiger partial charge in [-0.3, -0.25) is 4.79 Å². The summed E-state index contributed by atoms with van der Waals surface area (Å²) < 4.78 is 5.81. The third-order valence-corrected chi connectivity index (χ3v) is 4.14. The minimum absolute atomic E-state index is 0.0220. The molecule has 2 heterocycles. The van der Waals surface area contributed by atoms with Gasteiger partial charge in [-0.05, 0) is 32.7 Å². The maximum absolute atomic E-state index is 12.4. The highest BCUT2D eigenvalue weighted by Gasteiger charge is 2.28. The number of nitrogens with one attached hydrogen (secondary N) is 1. The van der Waals surface area contributed by atoms with E-state index >= 15 is 0 Å². The van der Waals surface area contributed by atoms with Gasteiger partial charge in [0.1, 0.15) is 11.5 Å². The van der Waals surface area contributed by atoms with Gasteiger partial charge in [-0.2, -0.15) is 0 Å². The third kappa shape index (κ3) is 3.83. The summed E-state index contributed by atoms with van der Waals surface area (Å²) in [6.45, 7) is 5.81. The molecule has 1 aromatic rings. The minimum Gasteiger partial charge on any atom is -0.373 e.